The first-order valence-corrected chi connectivity index (χ1v) is 18.6. The minimum atomic E-state index is -2.95. The van der Waals surface area contributed by atoms with Crippen LogP contribution in [-0.4, -0.2) is 0 Å². The molecule has 0 amide bonds. The van der Waals surface area contributed by atoms with Crippen molar-refractivity contribution in [1.29, 1.82) is 0 Å². The van der Waals surface area contributed by atoms with Crippen molar-refractivity contribution in [3.05, 3.63) is 102 Å². The third-order valence-corrected chi connectivity index (χ3v) is 17.2. The van der Waals surface area contributed by atoms with Gasteiger partial charge >= 0.3 is 0 Å². The summed E-state index contributed by atoms with van der Waals surface area (Å²) >= 11 is 10.8. The number of thiophene rings is 6. The van der Waals surface area contributed by atoms with Gasteiger partial charge in [-0.05, 0) is 59.3 Å². The van der Waals surface area contributed by atoms with E-state index in [-0.39, 0.29) is 0 Å². The summed E-state index contributed by atoms with van der Waals surface area (Å²) in [6, 6.07) is 31.9. The first kappa shape index (κ1) is 23.5. The first-order chi connectivity index (χ1) is 18.7. The van der Waals surface area contributed by atoms with E-state index >= 15 is 4.57 Å². The van der Waals surface area contributed by atoms with Gasteiger partial charge in [-0.3, -0.25) is 0 Å². The van der Waals surface area contributed by atoms with Crippen molar-refractivity contribution in [1.82, 2.24) is 0 Å². The molecule has 1 aromatic carbocycles. The van der Waals surface area contributed by atoms with Gasteiger partial charge in [-0.2, -0.15) is 0 Å². The van der Waals surface area contributed by atoms with E-state index in [2.05, 4.69) is 71.4 Å². The molecule has 0 radical (unpaired) electrons. The highest BCUT2D eigenvalue weighted by atomic mass is 32.1. The molecule has 0 aliphatic carbocycles. The fourth-order valence-corrected chi connectivity index (χ4v) is 15.2. The van der Waals surface area contributed by atoms with Gasteiger partial charge in [0.1, 0.15) is 0 Å². The number of rotatable bonds is 5. The van der Waals surface area contributed by atoms with E-state index in [4.69, 9.17) is 0 Å². The van der Waals surface area contributed by atoms with Gasteiger partial charge in [-0.1, -0.05) is 42.5 Å². The lowest BCUT2D eigenvalue weighted by Crippen LogP contribution is -2.19. The third kappa shape index (κ3) is 3.61. The molecule has 0 unspecified atom stereocenters. The van der Waals surface area contributed by atoms with Crippen LogP contribution in [0.25, 0.3) is 48.8 Å². The summed E-state index contributed by atoms with van der Waals surface area (Å²) in [6.07, 6.45) is 0. The van der Waals surface area contributed by atoms with E-state index in [0.29, 0.717) is 0 Å². The van der Waals surface area contributed by atoms with Crippen molar-refractivity contribution in [3.63, 3.8) is 0 Å². The smallest absolute Gasteiger partial charge is 0.174 e. The molecule has 6 aromatic heterocycles. The van der Waals surface area contributed by atoms with Gasteiger partial charge in [-0.25, -0.2) is 0 Å². The Balaban J connectivity index is 1.27. The molecule has 8 rings (SSSR count). The first-order valence-electron chi connectivity index (χ1n) is 11.9. The summed E-state index contributed by atoms with van der Waals surface area (Å²) in [5, 5.41) is 7.18. The standard InChI is InChI=1S/C30H17OPS6/c31-32(18-6-2-1-3-7-18)19-16-27(25-12-10-23(35-25)21-8-4-14-33-21)37-29(19)30-20(32)17-28(38-30)26-13-11-24(36-26)22-9-5-15-34-22/h1-17H. The SMILES string of the molecule is O=P1(c2ccccc2)c2cc(-c3ccc(-c4cccs4)s3)sc2-c2sc(-c3ccc(-c4cccs4)s3)cc21. The second-order valence-corrected chi connectivity index (χ2v) is 17.7. The number of hydrogen-bond donors (Lipinski definition) is 0. The second-order valence-electron chi connectivity index (χ2n) is 8.88. The lowest BCUT2D eigenvalue weighted by atomic mass is 10.3. The molecule has 38 heavy (non-hydrogen) atoms. The van der Waals surface area contributed by atoms with Crippen molar-refractivity contribution in [2.45, 2.75) is 0 Å². The highest BCUT2D eigenvalue weighted by Crippen LogP contribution is 2.59. The van der Waals surface area contributed by atoms with Gasteiger partial charge in [0.2, 0.25) is 0 Å². The molecule has 1 aliphatic heterocycles. The van der Waals surface area contributed by atoms with Gasteiger partial charge < -0.3 is 4.57 Å². The van der Waals surface area contributed by atoms with Crippen LogP contribution in [0.2, 0.25) is 0 Å². The van der Waals surface area contributed by atoms with Crippen LogP contribution >= 0.6 is 75.2 Å². The van der Waals surface area contributed by atoms with Crippen molar-refractivity contribution >= 4 is 91.1 Å². The number of hydrogen-bond acceptors (Lipinski definition) is 7. The maximum absolute atomic E-state index is 15.2. The summed E-state index contributed by atoms with van der Waals surface area (Å²) < 4.78 is 15.2. The molecular formula is C30H17OPS6. The van der Waals surface area contributed by atoms with Crippen LogP contribution in [0.3, 0.4) is 0 Å². The quantitative estimate of drug-likeness (QED) is 0.176. The molecule has 0 spiro atoms. The Kier molecular flexibility index (Phi) is 5.64. The fourth-order valence-electron chi connectivity index (χ4n) is 4.89. The highest BCUT2D eigenvalue weighted by Gasteiger charge is 2.44. The van der Waals surface area contributed by atoms with Crippen molar-refractivity contribution in [2.75, 3.05) is 0 Å². The predicted molar refractivity (Wildman–Crippen MR) is 174 cm³/mol. The van der Waals surface area contributed by atoms with E-state index < -0.39 is 7.14 Å². The molecule has 8 heteroatoms. The van der Waals surface area contributed by atoms with Gasteiger partial charge in [0.05, 0.1) is 9.75 Å². The van der Waals surface area contributed by atoms with Crippen LogP contribution in [0.1, 0.15) is 0 Å². The Morgan fingerprint density at radius 3 is 1.37 bits per heavy atom. The zero-order valence-corrected chi connectivity index (χ0v) is 25.4. The normalized spacial score (nSPS) is 13.6. The minimum Gasteiger partial charge on any atom is -0.309 e. The third-order valence-electron chi connectivity index (χ3n) is 6.66. The van der Waals surface area contributed by atoms with Gasteiger partial charge in [0, 0.05) is 54.9 Å². The van der Waals surface area contributed by atoms with Crippen LogP contribution < -0.4 is 15.9 Å². The summed E-state index contributed by atoms with van der Waals surface area (Å²) in [7, 11) is -2.95. The Morgan fingerprint density at radius 1 is 0.447 bits per heavy atom. The topological polar surface area (TPSA) is 17.1 Å². The summed E-state index contributed by atoms with van der Waals surface area (Å²) in [4.78, 5) is 12.4. The van der Waals surface area contributed by atoms with Crippen LogP contribution in [0.15, 0.2) is 102 Å². The Hall–Kier alpha value is -2.35. The molecule has 7 aromatic rings. The molecule has 0 saturated carbocycles. The molecule has 7 heterocycles. The zero-order valence-electron chi connectivity index (χ0n) is 19.6. The van der Waals surface area contributed by atoms with Gasteiger partial charge in [-0.15, -0.1) is 68.0 Å². The number of benzene rings is 1. The molecule has 0 N–H and O–H groups in total. The Labute approximate surface area is 244 Å². The molecule has 1 aliphatic rings. The van der Waals surface area contributed by atoms with E-state index in [9.17, 15) is 0 Å². The van der Waals surface area contributed by atoms with E-state index in [0.717, 1.165) is 15.9 Å². The molecule has 184 valence electrons. The summed E-state index contributed by atoms with van der Waals surface area (Å²) in [5.74, 6) is 0. The van der Waals surface area contributed by atoms with E-state index in [1.165, 1.54) is 48.8 Å². The minimum absolute atomic E-state index is 0.921. The highest BCUT2D eigenvalue weighted by molar-refractivity contribution is 7.87. The van der Waals surface area contributed by atoms with Crippen molar-refractivity contribution in [3.8, 4) is 48.8 Å². The number of fused-ring (bicyclic) bond motifs is 3. The maximum Gasteiger partial charge on any atom is 0.174 e. The van der Waals surface area contributed by atoms with E-state index in [1.807, 2.05) is 53.0 Å². The van der Waals surface area contributed by atoms with Crippen molar-refractivity contribution < 1.29 is 4.57 Å². The summed E-state index contributed by atoms with van der Waals surface area (Å²) in [5.41, 5.74) is 0. The van der Waals surface area contributed by atoms with Crippen LogP contribution in [0.4, 0.5) is 0 Å². The Morgan fingerprint density at radius 2 is 0.921 bits per heavy atom. The molecular weight excluding hydrogens is 600 g/mol. The van der Waals surface area contributed by atoms with Gasteiger partial charge in [0.15, 0.2) is 7.14 Å². The summed E-state index contributed by atoms with van der Waals surface area (Å²) in [6.45, 7) is 0. The molecule has 1 nitrogen and oxygen atoms in total. The predicted octanol–water partition coefficient (Wildman–Crippen LogP) is 10.3. The average molecular weight is 617 g/mol. The lowest BCUT2D eigenvalue weighted by molar-refractivity contribution is 0.593. The largest absolute Gasteiger partial charge is 0.309 e. The Bertz CT molecular complexity index is 1830. The fraction of sp³-hybridized carbons (Fsp3) is 0. The van der Waals surface area contributed by atoms with Crippen LogP contribution in [-0.2, 0) is 4.57 Å². The van der Waals surface area contributed by atoms with Crippen LogP contribution in [0, 0.1) is 0 Å². The maximum atomic E-state index is 15.2. The monoisotopic (exact) mass is 616 g/mol. The zero-order chi connectivity index (χ0) is 25.3. The van der Waals surface area contributed by atoms with Crippen molar-refractivity contribution in [2.24, 2.45) is 0 Å². The molecule has 0 saturated heterocycles. The van der Waals surface area contributed by atoms with Gasteiger partial charge in [0.25, 0.3) is 0 Å². The average Bonchev–Trinajstić information content (AvgIpc) is 3.79. The molecule has 0 atom stereocenters. The van der Waals surface area contributed by atoms with Crippen LogP contribution in [0.5, 0.6) is 0 Å². The van der Waals surface area contributed by atoms with E-state index in [1.54, 1.807) is 45.3 Å². The lowest BCUT2D eigenvalue weighted by Gasteiger charge is -2.13. The second kappa shape index (κ2) is 9.10. The molecule has 0 fully saturated rings. The molecule has 0 bridgehead atoms.